The number of unbranched alkanes of at least 4 members (excludes halogenated alkanes) is 1. The van der Waals surface area contributed by atoms with Gasteiger partial charge in [0.1, 0.15) is 0 Å². The van der Waals surface area contributed by atoms with Gasteiger partial charge in [-0.1, -0.05) is 0 Å². The van der Waals surface area contributed by atoms with Crippen LogP contribution < -0.4 is 20.1 Å². The summed E-state index contributed by atoms with van der Waals surface area (Å²) in [6.45, 7) is 10.7. The molecule has 0 aromatic heterocycles. The Morgan fingerprint density at radius 3 is 2.63 bits per heavy atom. The summed E-state index contributed by atoms with van der Waals surface area (Å²) in [7, 11) is 2.17. The van der Waals surface area contributed by atoms with Gasteiger partial charge in [0.25, 0.3) is 0 Å². The number of nitrogens with zero attached hydrogens (tertiary/aromatic N) is 2. The highest BCUT2D eigenvalue weighted by atomic mass is 127. The van der Waals surface area contributed by atoms with E-state index in [0.29, 0.717) is 19.3 Å². The van der Waals surface area contributed by atoms with Crippen LogP contribution in [0.3, 0.4) is 0 Å². The van der Waals surface area contributed by atoms with Crippen molar-refractivity contribution in [1.82, 2.24) is 10.2 Å². The normalized spacial score (nSPS) is 13.9. The molecule has 0 spiro atoms. The molecule has 2 N–H and O–H groups in total. The summed E-state index contributed by atoms with van der Waals surface area (Å²) in [4.78, 5) is 7.05. The first-order valence-corrected chi connectivity index (χ1v) is 9.75. The van der Waals surface area contributed by atoms with Crippen molar-refractivity contribution < 1.29 is 9.47 Å². The van der Waals surface area contributed by atoms with Crippen LogP contribution in [0.2, 0.25) is 0 Å². The number of halogens is 1. The Labute approximate surface area is 181 Å². The van der Waals surface area contributed by atoms with Gasteiger partial charge in [-0.15, -0.1) is 24.0 Å². The van der Waals surface area contributed by atoms with E-state index in [9.17, 15) is 0 Å². The molecule has 0 atom stereocenters. The lowest BCUT2D eigenvalue weighted by molar-refractivity contribution is 0.269. The highest BCUT2D eigenvalue weighted by molar-refractivity contribution is 14.0. The second kappa shape index (κ2) is 13.0. The Morgan fingerprint density at radius 1 is 1.19 bits per heavy atom. The number of hydrogen-bond acceptors (Lipinski definition) is 4. The lowest BCUT2D eigenvalue weighted by Gasteiger charge is -2.20. The highest BCUT2D eigenvalue weighted by Gasteiger charge is 2.11. The summed E-state index contributed by atoms with van der Waals surface area (Å²) >= 11 is 0. The van der Waals surface area contributed by atoms with Crippen molar-refractivity contribution in [1.29, 1.82) is 0 Å². The fourth-order valence-electron chi connectivity index (χ4n) is 2.61. The molecule has 2 rings (SSSR count). The van der Waals surface area contributed by atoms with E-state index >= 15 is 0 Å². The molecule has 7 heteroatoms. The number of anilines is 1. The van der Waals surface area contributed by atoms with Crippen LogP contribution in [0.5, 0.6) is 11.5 Å². The topological polar surface area (TPSA) is 58.1 Å². The van der Waals surface area contributed by atoms with E-state index in [1.165, 1.54) is 0 Å². The van der Waals surface area contributed by atoms with Gasteiger partial charge >= 0.3 is 0 Å². The van der Waals surface area contributed by atoms with Gasteiger partial charge in [-0.25, -0.2) is 0 Å². The van der Waals surface area contributed by atoms with E-state index in [1.807, 2.05) is 18.2 Å². The summed E-state index contributed by atoms with van der Waals surface area (Å²) < 4.78 is 11.4. The first-order chi connectivity index (χ1) is 12.6. The number of benzene rings is 1. The Morgan fingerprint density at radius 2 is 1.93 bits per heavy atom. The maximum atomic E-state index is 5.76. The maximum Gasteiger partial charge on any atom is 0.195 e. The standard InChI is InChI=1S/C20H34N4O2.HI/c1-5-21-20(22-11-6-7-12-24(4)16(2)3)23-17-9-10-18-19(15-17)26-14-8-13-25-18;/h9-10,15-16H,5-8,11-14H2,1-4H3,(H2,21,22,23);1H. The molecule has 0 amide bonds. The van der Waals surface area contributed by atoms with Crippen molar-refractivity contribution >= 4 is 35.6 Å². The molecular formula is C20H35IN4O2. The summed E-state index contributed by atoms with van der Waals surface area (Å²) in [6, 6.07) is 6.52. The molecule has 6 nitrogen and oxygen atoms in total. The predicted molar refractivity (Wildman–Crippen MR) is 124 cm³/mol. The molecule has 1 heterocycles. The summed E-state index contributed by atoms with van der Waals surface area (Å²) in [5.41, 5.74) is 0.952. The molecule has 0 unspecified atom stereocenters. The third-order valence-corrected chi connectivity index (χ3v) is 4.42. The zero-order chi connectivity index (χ0) is 18.8. The van der Waals surface area contributed by atoms with Crippen LogP contribution in [-0.4, -0.2) is 56.8 Å². The number of guanidine groups is 1. The smallest absolute Gasteiger partial charge is 0.195 e. The third-order valence-electron chi connectivity index (χ3n) is 4.42. The van der Waals surface area contributed by atoms with Gasteiger partial charge in [-0.2, -0.15) is 0 Å². The fourth-order valence-corrected chi connectivity index (χ4v) is 2.61. The molecular weight excluding hydrogens is 455 g/mol. The minimum absolute atomic E-state index is 0. The van der Waals surface area contributed by atoms with E-state index in [4.69, 9.17) is 9.47 Å². The third kappa shape index (κ3) is 8.55. The second-order valence-corrected chi connectivity index (χ2v) is 6.88. The van der Waals surface area contributed by atoms with E-state index in [1.54, 1.807) is 0 Å². The molecule has 0 radical (unpaired) electrons. The average molecular weight is 490 g/mol. The van der Waals surface area contributed by atoms with Gasteiger partial charge in [0, 0.05) is 37.3 Å². The summed E-state index contributed by atoms with van der Waals surface area (Å²) in [6.07, 6.45) is 3.14. The Kier molecular flexibility index (Phi) is 11.5. The van der Waals surface area contributed by atoms with Crippen LogP contribution in [0.1, 0.15) is 40.0 Å². The zero-order valence-corrected chi connectivity index (χ0v) is 19.4. The highest BCUT2D eigenvalue weighted by Crippen LogP contribution is 2.32. The molecule has 0 aliphatic carbocycles. The Balaban J connectivity index is 0.00000364. The average Bonchev–Trinajstić information content (AvgIpc) is 2.86. The van der Waals surface area contributed by atoms with Crippen molar-refractivity contribution in [2.75, 3.05) is 45.2 Å². The first kappa shape index (κ1) is 23.8. The van der Waals surface area contributed by atoms with Crippen LogP contribution in [-0.2, 0) is 0 Å². The molecule has 0 saturated heterocycles. The predicted octanol–water partition coefficient (Wildman–Crippen LogP) is 3.96. The molecule has 0 saturated carbocycles. The van der Waals surface area contributed by atoms with Gasteiger partial charge in [0.05, 0.1) is 13.2 Å². The van der Waals surface area contributed by atoms with Crippen LogP contribution in [0.4, 0.5) is 5.69 Å². The van der Waals surface area contributed by atoms with Crippen LogP contribution in [0, 0.1) is 0 Å². The van der Waals surface area contributed by atoms with Crippen LogP contribution in [0.25, 0.3) is 0 Å². The monoisotopic (exact) mass is 490 g/mol. The number of nitrogens with one attached hydrogen (secondary N) is 2. The molecule has 1 aliphatic heterocycles. The largest absolute Gasteiger partial charge is 0.490 e. The van der Waals surface area contributed by atoms with Gasteiger partial charge in [0.2, 0.25) is 0 Å². The Bertz CT molecular complexity index is 581. The number of rotatable bonds is 8. The molecule has 1 aromatic carbocycles. The summed E-state index contributed by atoms with van der Waals surface area (Å²) in [5, 5.41) is 6.66. The van der Waals surface area contributed by atoms with E-state index in [-0.39, 0.29) is 24.0 Å². The van der Waals surface area contributed by atoms with Crippen molar-refractivity contribution in [3.8, 4) is 11.5 Å². The minimum atomic E-state index is 0. The molecule has 0 fully saturated rings. The van der Waals surface area contributed by atoms with Gasteiger partial charge in [-0.3, -0.25) is 4.99 Å². The van der Waals surface area contributed by atoms with E-state index in [2.05, 4.69) is 48.3 Å². The first-order valence-electron chi connectivity index (χ1n) is 9.75. The maximum absolute atomic E-state index is 5.76. The van der Waals surface area contributed by atoms with Crippen molar-refractivity contribution in [2.24, 2.45) is 4.99 Å². The number of ether oxygens (including phenoxy) is 2. The lowest BCUT2D eigenvalue weighted by atomic mass is 10.2. The quantitative estimate of drug-likeness (QED) is 0.250. The van der Waals surface area contributed by atoms with Crippen molar-refractivity contribution in [3.63, 3.8) is 0 Å². The van der Waals surface area contributed by atoms with Gasteiger partial charge in [0.15, 0.2) is 17.5 Å². The van der Waals surface area contributed by atoms with Crippen LogP contribution in [0.15, 0.2) is 23.2 Å². The van der Waals surface area contributed by atoms with E-state index < -0.39 is 0 Å². The van der Waals surface area contributed by atoms with Crippen molar-refractivity contribution in [3.05, 3.63) is 18.2 Å². The Hall–Kier alpha value is -1.22. The van der Waals surface area contributed by atoms with Gasteiger partial charge < -0.3 is 25.0 Å². The van der Waals surface area contributed by atoms with E-state index in [0.717, 1.165) is 62.0 Å². The second-order valence-electron chi connectivity index (χ2n) is 6.88. The fraction of sp³-hybridized carbons (Fsp3) is 0.650. The molecule has 1 aromatic rings. The molecule has 27 heavy (non-hydrogen) atoms. The van der Waals surface area contributed by atoms with Gasteiger partial charge in [-0.05, 0) is 59.3 Å². The van der Waals surface area contributed by atoms with Crippen molar-refractivity contribution in [2.45, 2.75) is 46.1 Å². The molecule has 1 aliphatic rings. The number of hydrogen-bond donors (Lipinski definition) is 2. The lowest BCUT2D eigenvalue weighted by Crippen LogP contribution is -2.31. The molecule has 154 valence electrons. The zero-order valence-electron chi connectivity index (χ0n) is 17.1. The number of fused-ring (bicyclic) bond motifs is 1. The molecule has 0 bridgehead atoms. The van der Waals surface area contributed by atoms with Crippen LogP contribution >= 0.6 is 24.0 Å². The SMILES string of the molecule is CCNC(=NCCCCN(C)C(C)C)Nc1ccc2c(c1)OCCCO2.I. The minimum Gasteiger partial charge on any atom is -0.490 e. The number of aliphatic imine (C=N–C) groups is 1. The summed E-state index contributed by atoms with van der Waals surface area (Å²) in [5.74, 6) is 2.41.